The molecule has 204 valence electrons. The SMILES string of the molecule is CCCCc1cc(NC(=O)Nc2cccc(Cl)c2Cl)n(-c2ccc(CC(=O)N3CCCC3)cc2)n1.CNC. The standard InChI is InChI=1S/C26H29Cl2N5O2.C2H7N/c1-2-3-7-19-17-23(30-26(35)29-22-9-6-8-21(27)25(22)28)33(31-19)20-12-10-18(11-13-20)16-24(34)32-14-4-5-15-32;1-3-2/h6,8-13,17H,2-5,7,14-16H2,1H3,(H2,29,30,35);3H,1-2H3. The molecule has 1 aliphatic heterocycles. The molecule has 0 radical (unpaired) electrons. The second kappa shape index (κ2) is 14.8. The number of likely N-dealkylation sites (tertiary alicyclic amines) is 1. The van der Waals surface area contributed by atoms with Crippen LogP contribution < -0.4 is 16.0 Å². The number of benzene rings is 2. The Bertz CT molecular complexity index is 1210. The topological polar surface area (TPSA) is 91.3 Å². The molecule has 10 heteroatoms. The van der Waals surface area contributed by atoms with Gasteiger partial charge in [0.25, 0.3) is 0 Å². The van der Waals surface area contributed by atoms with Crippen molar-refractivity contribution in [3.63, 3.8) is 0 Å². The zero-order chi connectivity index (χ0) is 27.5. The average molecular weight is 560 g/mol. The first-order chi connectivity index (χ1) is 18.4. The van der Waals surface area contributed by atoms with E-state index in [9.17, 15) is 9.59 Å². The molecule has 3 aromatic rings. The highest BCUT2D eigenvalue weighted by atomic mass is 35.5. The second-order valence-corrected chi connectivity index (χ2v) is 9.93. The smallest absolute Gasteiger partial charge is 0.324 e. The summed E-state index contributed by atoms with van der Waals surface area (Å²) >= 11 is 12.3. The number of anilines is 2. The number of hydrogen-bond acceptors (Lipinski definition) is 4. The molecular formula is C28H36Cl2N6O2. The number of halogens is 2. The third-order valence-corrected chi connectivity index (χ3v) is 6.80. The predicted molar refractivity (Wildman–Crippen MR) is 156 cm³/mol. The zero-order valence-corrected chi connectivity index (χ0v) is 23.7. The van der Waals surface area contributed by atoms with E-state index in [1.807, 2.05) is 49.3 Å². The zero-order valence-electron chi connectivity index (χ0n) is 22.2. The molecule has 0 aliphatic carbocycles. The summed E-state index contributed by atoms with van der Waals surface area (Å²) in [6, 6.07) is 14.2. The Hall–Kier alpha value is -3.07. The number of carbonyl (C=O) groups is 2. The first-order valence-corrected chi connectivity index (χ1v) is 13.7. The van der Waals surface area contributed by atoms with Gasteiger partial charge in [-0.1, -0.05) is 54.7 Å². The lowest BCUT2D eigenvalue weighted by Gasteiger charge is -2.15. The van der Waals surface area contributed by atoms with Crippen molar-refractivity contribution in [2.75, 3.05) is 37.8 Å². The Morgan fingerprint density at radius 3 is 2.34 bits per heavy atom. The lowest BCUT2D eigenvalue weighted by molar-refractivity contribution is -0.129. The highest BCUT2D eigenvalue weighted by Gasteiger charge is 2.18. The summed E-state index contributed by atoms with van der Waals surface area (Å²) < 4.78 is 1.70. The monoisotopic (exact) mass is 558 g/mol. The molecule has 3 amide bonds. The van der Waals surface area contributed by atoms with Crippen LogP contribution in [0.5, 0.6) is 0 Å². The van der Waals surface area contributed by atoms with Crippen LogP contribution in [0.25, 0.3) is 5.69 Å². The van der Waals surface area contributed by atoms with Gasteiger partial charge in [0.05, 0.1) is 33.5 Å². The van der Waals surface area contributed by atoms with E-state index in [1.165, 1.54) is 0 Å². The fourth-order valence-electron chi connectivity index (χ4n) is 4.07. The average Bonchev–Trinajstić information content (AvgIpc) is 3.57. The first-order valence-electron chi connectivity index (χ1n) is 12.9. The molecule has 1 saturated heterocycles. The second-order valence-electron chi connectivity index (χ2n) is 9.15. The molecule has 2 heterocycles. The number of amides is 3. The van der Waals surface area contributed by atoms with Gasteiger partial charge in [0, 0.05) is 19.2 Å². The number of unbranched alkanes of at least 4 members (excludes halogenated alkanes) is 1. The normalized spacial score (nSPS) is 12.6. The minimum Gasteiger partial charge on any atom is -0.342 e. The van der Waals surface area contributed by atoms with E-state index in [2.05, 4.69) is 22.9 Å². The summed E-state index contributed by atoms with van der Waals surface area (Å²) in [5, 5.41) is 13.7. The quantitative estimate of drug-likeness (QED) is 0.308. The van der Waals surface area contributed by atoms with Crippen LogP contribution >= 0.6 is 23.2 Å². The van der Waals surface area contributed by atoms with Crippen LogP contribution in [0.1, 0.15) is 43.9 Å². The van der Waals surface area contributed by atoms with Gasteiger partial charge in [-0.25, -0.2) is 9.48 Å². The molecule has 1 aliphatic rings. The first kappa shape index (κ1) is 29.5. The molecule has 8 nitrogen and oxygen atoms in total. The van der Waals surface area contributed by atoms with E-state index in [0.29, 0.717) is 22.9 Å². The maximum atomic E-state index is 12.7. The fraction of sp³-hybridized carbons (Fsp3) is 0.393. The van der Waals surface area contributed by atoms with Gasteiger partial charge in [-0.15, -0.1) is 0 Å². The molecular weight excluding hydrogens is 523 g/mol. The van der Waals surface area contributed by atoms with Crippen LogP contribution in [-0.2, 0) is 17.6 Å². The van der Waals surface area contributed by atoms with Crippen molar-refractivity contribution >= 4 is 46.6 Å². The number of aryl methyl sites for hydroxylation is 1. The van der Waals surface area contributed by atoms with E-state index in [1.54, 1.807) is 22.9 Å². The van der Waals surface area contributed by atoms with Gasteiger partial charge in [0.15, 0.2) is 0 Å². The molecule has 0 atom stereocenters. The van der Waals surface area contributed by atoms with Crippen molar-refractivity contribution < 1.29 is 9.59 Å². The minimum absolute atomic E-state index is 0.162. The summed E-state index contributed by atoms with van der Waals surface area (Å²) in [7, 11) is 3.75. The van der Waals surface area contributed by atoms with Crippen LogP contribution in [0.3, 0.4) is 0 Å². The summed E-state index contributed by atoms with van der Waals surface area (Å²) in [6.45, 7) is 3.82. The number of rotatable bonds is 8. The lowest BCUT2D eigenvalue weighted by Crippen LogP contribution is -2.29. The van der Waals surface area contributed by atoms with Crippen LogP contribution in [0.15, 0.2) is 48.5 Å². The Labute approximate surface area is 234 Å². The van der Waals surface area contributed by atoms with Crippen LogP contribution in [0.4, 0.5) is 16.3 Å². The van der Waals surface area contributed by atoms with Crippen molar-refractivity contribution in [2.24, 2.45) is 0 Å². The maximum absolute atomic E-state index is 12.7. The van der Waals surface area contributed by atoms with Gasteiger partial charge in [-0.2, -0.15) is 5.10 Å². The fourth-order valence-corrected chi connectivity index (χ4v) is 4.42. The van der Waals surface area contributed by atoms with Crippen molar-refractivity contribution in [1.29, 1.82) is 0 Å². The van der Waals surface area contributed by atoms with E-state index >= 15 is 0 Å². The number of carbonyl (C=O) groups excluding carboxylic acids is 2. The molecule has 3 N–H and O–H groups in total. The number of urea groups is 1. The van der Waals surface area contributed by atoms with Crippen LogP contribution in [0.2, 0.25) is 10.0 Å². The third kappa shape index (κ3) is 8.21. The van der Waals surface area contributed by atoms with Crippen molar-refractivity contribution in [3.8, 4) is 5.69 Å². The Kier molecular flexibility index (Phi) is 11.5. The van der Waals surface area contributed by atoms with E-state index in [4.69, 9.17) is 28.3 Å². The highest BCUT2D eigenvalue weighted by molar-refractivity contribution is 6.44. The summed E-state index contributed by atoms with van der Waals surface area (Å²) in [4.78, 5) is 27.2. The van der Waals surface area contributed by atoms with Gasteiger partial charge < -0.3 is 15.5 Å². The molecule has 1 aromatic heterocycles. The third-order valence-electron chi connectivity index (χ3n) is 5.98. The Morgan fingerprint density at radius 2 is 1.68 bits per heavy atom. The van der Waals surface area contributed by atoms with Gasteiger partial charge in [0.1, 0.15) is 5.82 Å². The Balaban J connectivity index is 0.00000127. The van der Waals surface area contributed by atoms with E-state index < -0.39 is 6.03 Å². The number of hydrogen-bond donors (Lipinski definition) is 3. The molecule has 1 fully saturated rings. The minimum atomic E-state index is -0.454. The van der Waals surface area contributed by atoms with Crippen molar-refractivity contribution in [1.82, 2.24) is 20.0 Å². The molecule has 0 spiro atoms. The summed E-state index contributed by atoms with van der Waals surface area (Å²) in [5.41, 5.74) is 3.05. The predicted octanol–water partition coefficient (Wildman–Crippen LogP) is 6.17. The highest BCUT2D eigenvalue weighted by Crippen LogP contribution is 2.29. The van der Waals surface area contributed by atoms with Crippen LogP contribution in [0, 0.1) is 0 Å². The van der Waals surface area contributed by atoms with E-state index in [0.717, 1.165) is 62.1 Å². The van der Waals surface area contributed by atoms with Crippen molar-refractivity contribution in [3.05, 3.63) is 69.8 Å². The molecule has 0 bridgehead atoms. The summed E-state index contributed by atoms with van der Waals surface area (Å²) in [5.74, 6) is 0.697. The number of aromatic nitrogens is 2. The molecule has 38 heavy (non-hydrogen) atoms. The van der Waals surface area contributed by atoms with Gasteiger partial charge in [-0.3, -0.25) is 10.1 Å². The molecule has 4 rings (SSSR count). The molecule has 0 unspecified atom stereocenters. The number of nitrogens with zero attached hydrogens (tertiary/aromatic N) is 3. The molecule has 0 saturated carbocycles. The summed E-state index contributed by atoms with van der Waals surface area (Å²) in [6.07, 6.45) is 5.40. The molecule has 2 aromatic carbocycles. The maximum Gasteiger partial charge on any atom is 0.324 e. The van der Waals surface area contributed by atoms with Crippen molar-refractivity contribution in [2.45, 2.75) is 45.4 Å². The van der Waals surface area contributed by atoms with Crippen LogP contribution in [-0.4, -0.2) is 53.8 Å². The van der Waals surface area contributed by atoms with Gasteiger partial charge in [0.2, 0.25) is 5.91 Å². The number of nitrogens with one attached hydrogen (secondary N) is 3. The lowest BCUT2D eigenvalue weighted by atomic mass is 10.1. The largest absolute Gasteiger partial charge is 0.342 e. The Morgan fingerprint density at radius 1 is 1.00 bits per heavy atom. The van der Waals surface area contributed by atoms with E-state index in [-0.39, 0.29) is 10.9 Å². The van der Waals surface area contributed by atoms with Gasteiger partial charge in [-0.05, 0) is 69.6 Å². The van der Waals surface area contributed by atoms with Gasteiger partial charge >= 0.3 is 6.03 Å².